The van der Waals surface area contributed by atoms with Crippen molar-refractivity contribution in [3.05, 3.63) is 17.0 Å². The molecule has 128 valence electrons. The van der Waals surface area contributed by atoms with Crippen molar-refractivity contribution in [3.8, 4) is 0 Å². The lowest BCUT2D eigenvalue weighted by Crippen LogP contribution is -2.36. The van der Waals surface area contributed by atoms with Crippen LogP contribution in [0.2, 0.25) is 5.28 Å². The van der Waals surface area contributed by atoms with Crippen molar-refractivity contribution in [1.82, 2.24) is 15.3 Å². The van der Waals surface area contributed by atoms with Gasteiger partial charge in [0.05, 0.1) is 6.61 Å². The monoisotopic (exact) mass is 342 g/mol. The molecule has 7 nitrogen and oxygen atoms in total. The van der Waals surface area contributed by atoms with E-state index in [1.54, 1.807) is 0 Å². The highest BCUT2D eigenvalue weighted by atomic mass is 35.5. The molecule has 23 heavy (non-hydrogen) atoms. The highest BCUT2D eigenvalue weighted by molar-refractivity contribution is 6.28. The molecule has 0 aliphatic carbocycles. The standard InChI is InChI=1S/C15H23ClN4O3/c1-15(2,3)23-14(22)18-6-10-4-5-20(8-10)12-11(9-21)7-17-13(16)19-12/h7,10,21H,4-6,8-9H2,1-3H3,(H,18,22). The summed E-state index contributed by atoms with van der Waals surface area (Å²) in [7, 11) is 0. The van der Waals surface area contributed by atoms with E-state index in [9.17, 15) is 9.90 Å². The third-order valence-corrected chi connectivity index (χ3v) is 3.68. The van der Waals surface area contributed by atoms with Gasteiger partial charge in [0.1, 0.15) is 11.4 Å². The summed E-state index contributed by atoms with van der Waals surface area (Å²) in [5, 5.41) is 12.4. The van der Waals surface area contributed by atoms with Gasteiger partial charge in [0.2, 0.25) is 5.28 Å². The molecule has 0 saturated carbocycles. The minimum atomic E-state index is -0.500. The Morgan fingerprint density at radius 2 is 2.30 bits per heavy atom. The van der Waals surface area contributed by atoms with Gasteiger partial charge < -0.3 is 20.1 Å². The predicted molar refractivity (Wildman–Crippen MR) is 87.5 cm³/mol. The van der Waals surface area contributed by atoms with Crippen molar-refractivity contribution in [3.63, 3.8) is 0 Å². The van der Waals surface area contributed by atoms with Crippen LogP contribution in [0.3, 0.4) is 0 Å². The van der Waals surface area contributed by atoms with Crippen LogP contribution in [0.15, 0.2) is 6.20 Å². The number of hydrogen-bond acceptors (Lipinski definition) is 6. The first kappa shape index (κ1) is 17.7. The number of alkyl carbamates (subject to hydrolysis) is 1. The van der Waals surface area contributed by atoms with E-state index in [0.29, 0.717) is 23.8 Å². The quantitative estimate of drug-likeness (QED) is 0.813. The Bertz CT molecular complexity index is 562. The van der Waals surface area contributed by atoms with E-state index in [4.69, 9.17) is 16.3 Å². The first-order valence-electron chi connectivity index (χ1n) is 7.62. The Hall–Kier alpha value is -1.60. The second kappa shape index (κ2) is 7.31. The fourth-order valence-electron chi connectivity index (χ4n) is 2.50. The maximum atomic E-state index is 11.7. The molecule has 1 aromatic heterocycles. The van der Waals surface area contributed by atoms with E-state index in [1.807, 2.05) is 20.8 Å². The topological polar surface area (TPSA) is 87.6 Å². The third-order valence-electron chi connectivity index (χ3n) is 3.50. The fraction of sp³-hybridized carbons (Fsp3) is 0.667. The van der Waals surface area contributed by atoms with Crippen molar-refractivity contribution in [2.45, 2.75) is 39.4 Å². The van der Waals surface area contributed by atoms with Crippen LogP contribution in [0, 0.1) is 5.92 Å². The number of anilines is 1. The Labute approximate surface area is 141 Å². The second-order valence-electron chi connectivity index (χ2n) is 6.63. The van der Waals surface area contributed by atoms with Gasteiger partial charge in [-0.15, -0.1) is 0 Å². The molecule has 1 saturated heterocycles. The summed E-state index contributed by atoms with van der Waals surface area (Å²) in [6, 6.07) is 0. The molecule has 1 amide bonds. The van der Waals surface area contributed by atoms with Crippen LogP contribution in [-0.4, -0.2) is 46.4 Å². The zero-order valence-corrected chi connectivity index (χ0v) is 14.4. The molecule has 1 unspecified atom stereocenters. The molecule has 0 radical (unpaired) electrons. The van der Waals surface area contributed by atoms with Gasteiger partial charge >= 0.3 is 6.09 Å². The number of aliphatic hydroxyl groups is 1. The summed E-state index contributed by atoms with van der Waals surface area (Å²) in [5.41, 5.74) is 0.148. The van der Waals surface area contributed by atoms with E-state index in [-0.39, 0.29) is 11.9 Å². The van der Waals surface area contributed by atoms with Gasteiger partial charge in [-0.3, -0.25) is 0 Å². The van der Waals surface area contributed by atoms with Gasteiger partial charge in [0.15, 0.2) is 0 Å². The molecule has 1 fully saturated rings. The Kier molecular flexibility index (Phi) is 5.64. The second-order valence-corrected chi connectivity index (χ2v) is 6.97. The first-order chi connectivity index (χ1) is 10.8. The van der Waals surface area contributed by atoms with Crippen molar-refractivity contribution in [1.29, 1.82) is 0 Å². The number of halogens is 1. The molecule has 2 N–H and O–H groups in total. The number of rotatable bonds is 4. The zero-order valence-electron chi connectivity index (χ0n) is 13.7. The van der Waals surface area contributed by atoms with E-state index >= 15 is 0 Å². The van der Waals surface area contributed by atoms with Gasteiger partial charge in [0.25, 0.3) is 0 Å². The lowest BCUT2D eigenvalue weighted by atomic mass is 10.1. The number of amides is 1. The predicted octanol–water partition coefficient (Wildman–Crippen LogP) is 1.97. The lowest BCUT2D eigenvalue weighted by molar-refractivity contribution is 0.0520. The van der Waals surface area contributed by atoms with Crippen LogP contribution in [0.1, 0.15) is 32.8 Å². The molecule has 0 bridgehead atoms. The number of nitrogens with one attached hydrogen (secondary N) is 1. The number of carbonyl (C=O) groups excluding carboxylic acids is 1. The van der Waals surface area contributed by atoms with Gasteiger partial charge in [-0.2, -0.15) is 0 Å². The molecule has 1 aliphatic rings. The maximum absolute atomic E-state index is 11.7. The smallest absolute Gasteiger partial charge is 0.407 e. The molecule has 2 rings (SSSR count). The zero-order chi connectivity index (χ0) is 17.0. The molecular weight excluding hydrogens is 320 g/mol. The lowest BCUT2D eigenvalue weighted by Gasteiger charge is -2.21. The van der Waals surface area contributed by atoms with Crippen LogP contribution < -0.4 is 10.2 Å². The highest BCUT2D eigenvalue weighted by Crippen LogP contribution is 2.25. The molecule has 8 heteroatoms. The summed E-state index contributed by atoms with van der Waals surface area (Å²) in [6.45, 7) is 7.43. The third kappa shape index (κ3) is 5.21. The number of hydrogen-bond donors (Lipinski definition) is 2. The minimum Gasteiger partial charge on any atom is -0.444 e. The largest absolute Gasteiger partial charge is 0.444 e. The number of aromatic nitrogens is 2. The van der Waals surface area contributed by atoms with Crippen LogP contribution in [0.5, 0.6) is 0 Å². The number of aliphatic hydroxyl groups excluding tert-OH is 1. The van der Waals surface area contributed by atoms with Gasteiger partial charge in [0, 0.05) is 31.4 Å². The SMILES string of the molecule is CC(C)(C)OC(=O)NCC1CCN(c2nc(Cl)ncc2CO)C1. The first-order valence-corrected chi connectivity index (χ1v) is 8.00. The molecule has 0 aromatic carbocycles. The van der Waals surface area contributed by atoms with Crippen LogP contribution in [0.25, 0.3) is 0 Å². The average Bonchev–Trinajstić information content (AvgIpc) is 2.92. The fourth-order valence-corrected chi connectivity index (χ4v) is 2.62. The molecular formula is C15H23ClN4O3. The summed E-state index contributed by atoms with van der Waals surface area (Å²) in [4.78, 5) is 21.9. The van der Waals surface area contributed by atoms with Gasteiger partial charge in [-0.25, -0.2) is 14.8 Å². The van der Waals surface area contributed by atoms with Crippen LogP contribution in [0.4, 0.5) is 10.6 Å². The minimum absolute atomic E-state index is 0.135. The van der Waals surface area contributed by atoms with Crippen molar-refractivity contribution >= 4 is 23.5 Å². The number of ether oxygens (including phenoxy) is 1. The van der Waals surface area contributed by atoms with E-state index in [1.165, 1.54) is 6.20 Å². The molecule has 1 aromatic rings. The van der Waals surface area contributed by atoms with Gasteiger partial charge in [-0.1, -0.05) is 0 Å². The van der Waals surface area contributed by atoms with E-state index in [0.717, 1.165) is 19.5 Å². The van der Waals surface area contributed by atoms with Crippen LogP contribution in [-0.2, 0) is 11.3 Å². The Balaban J connectivity index is 1.89. The summed E-state index contributed by atoms with van der Waals surface area (Å²) in [5.74, 6) is 0.954. The molecule has 1 aliphatic heterocycles. The number of carbonyl (C=O) groups is 1. The summed E-state index contributed by atoms with van der Waals surface area (Å²) >= 11 is 5.85. The van der Waals surface area contributed by atoms with E-state index < -0.39 is 11.7 Å². The van der Waals surface area contributed by atoms with Crippen molar-refractivity contribution in [2.24, 2.45) is 5.92 Å². The number of nitrogens with zero attached hydrogens (tertiary/aromatic N) is 3. The summed E-state index contributed by atoms with van der Waals surface area (Å²) in [6.07, 6.45) is 2.05. The van der Waals surface area contributed by atoms with E-state index in [2.05, 4.69) is 20.2 Å². The average molecular weight is 343 g/mol. The molecule has 1 atom stereocenters. The molecule has 0 spiro atoms. The van der Waals surface area contributed by atoms with Crippen LogP contribution >= 0.6 is 11.6 Å². The van der Waals surface area contributed by atoms with Crippen molar-refractivity contribution in [2.75, 3.05) is 24.5 Å². The Morgan fingerprint density at radius 3 is 2.96 bits per heavy atom. The summed E-state index contributed by atoms with van der Waals surface area (Å²) < 4.78 is 5.23. The normalized spacial score (nSPS) is 18.1. The molecule has 2 heterocycles. The van der Waals surface area contributed by atoms with Gasteiger partial charge in [-0.05, 0) is 44.7 Å². The Morgan fingerprint density at radius 1 is 1.57 bits per heavy atom. The highest BCUT2D eigenvalue weighted by Gasteiger charge is 2.26. The maximum Gasteiger partial charge on any atom is 0.407 e. The van der Waals surface area contributed by atoms with Crippen molar-refractivity contribution < 1.29 is 14.6 Å².